The second-order valence-electron chi connectivity index (χ2n) is 5.42. The molecular weight excluding hydrogens is 368 g/mol. The van der Waals surface area contributed by atoms with Crippen LogP contribution in [-0.2, 0) is 15.1 Å². The Labute approximate surface area is 152 Å². The van der Waals surface area contributed by atoms with Crippen molar-refractivity contribution in [3.05, 3.63) is 66.0 Å². The van der Waals surface area contributed by atoms with E-state index < -0.39 is 35.1 Å². The lowest BCUT2D eigenvalue weighted by Crippen LogP contribution is -2.62. The molecule has 0 aliphatic heterocycles. The Balaban J connectivity index is 2.48. The largest absolute Gasteiger partial charge is 0.464 e. The number of ether oxygens (including phenoxy) is 1. The first kappa shape index (κ1) is 20.2. The van der Waals surface area contributed by atoms with E-state index in [0.29, 0.717) is 0 Å². The number of amides is 2. The van der Waals surface area contributed by atoms with Crippen LogP contribution in [0.1, 0.15) is 12.5 Å². The Morgan fingerprint density at radius 2 is 1.59 bits per heavy atom. The van der Waals surface area contributed by atoms with E-state index in [0.717, 1.165) is 24.3 Å². The van der Waals surface area contributed by atoms with Crippen molar-refractivity contribution in [3.63, 3.8) is 0 Å². The average Bonchev–Trinajstić information content (AvgIpc) is 2.60. The predicted octanol–water partition coefficient (Wildman–Crippen LogP) is 3.97. The first-order valence-corrected chi connectivity index (χ1v) is 7.85. The SMILES string of the molecule is CCOC(=O)C(NC(=O)Nc1ccccc1)(c1ccc(F)cc1)C(F)(F)F. The summed E-state index contributed by atoms with van der Waals surface area (Å²) in [5, 5.41) is 3.88. The monoisotopic (exact) mass is 384 g/mol. The zero-order chi connectivity index (χ0) is 20.1. The first-order chi connectivity index (χ1) is 12.7. The summed E-state index contributed by atoms with van der Waals surface area (Å²) in [6.07, 6.45) is -5.26. The summed E-state index contributed by atoms with van der Waals surface area (Å²) in [6.45, 7) is 0.980. The molecule has 0 saturated heterocycles. The number of carbonyl (C=O) groups excluding carboxylic acids is 2. The fourth-order valence-corrected chi connectivity index (χ4v) is 2.38. The second-order valence-corrected chi connectivity index (χ2v) is 5.42. The van der Waals surface area contributed by atoms with Crippen molar-refractivity contribution < 1.29 is 31.9 Å². The molecule has 27 heavy (non-hydrogen) atoms. The summed E-state index contributed by atoms with van der Waals surface area (Å²) in [7, 11) is 0. The fraction of sp³-hybridized carbons (Fsp3) is 0.222. The van der Waals surface area contributed by atoms with Gasteiger partial charge in [-0.2, -0.15) is 13.2 Å². The Morgan fingerprint density at radius 1 is 1.00 bits per heavy atom. The summed E-state index contributed by atoms with van der Waals surface area (Å²) in [4.78, 5) is 24.5. The van der Waals surface area contributed by atoms with Gasteiger partial charge < -0.3 is 15.4 Å². The molecule has 2 aromatic rings. The molecule has 0 bridgehead atoms. The number of halogens is 4. The number of benzene rings is 2. The minimum absolute atomic E-state index is 0.217. The lowest BCUT2D eigenvalue weighted by Gasteiger charge is -2.34. The molecule has 0 aliphatic rings. The highest BCUT2D eigenvalue weighted by Crippen LogP contribution is 2.40. The third-order valence-electron chi connectivity index (χ3n) is 3.62. The van der Waals surface area contributed by atoms with Crippen LogP contribution in [-0.4, -0.2) is 24.8 Å². The topological polar surface area (TPSA) is 67.4 Å². The maximum atomic E-state index is 14.0. The van der Waals surface area contributed by atoms with Crippen LogP contribution in [0.25, 0.3) is 0 Å². The van der Waals surface area contributed by atoms with Crippen LogP contribution >= 0.6 is 0 Å². The van der Waals surface area contributed by atoms with Crippen LogP contribution in [0.15, 0.2) is 54.6 Å². The lowest BCUT2D eigenvalue weighted by atomic mass is 9.89. The number of nitrogens with one attached hydrogen (secondary N) is 2. The first-order valence-electron chi connectivity index (χ1n) is 7.85. The van der Waals surface area contributed by atoms with Gasteiger partial charge in [0.15, 0.2) is 0 Å². The Bertz CT molecular complexity index is 795. The molecule has 0 fully saturated rings. The molecule has 5 nitrogen and oxygen atoms in total. The number of hydrogen-bond donors (Lipinski definition) is 2. The number of urea groups is 1. The molecule has 2 amide bonds. The predicted molar refractivity (Wildman–Crippen MR) is 89.4 cm³/mol. The van der Waals surface area contributed by atoms with Gasteiger partial charge in [0, 0.05) is 5.69 Å². The van der Waals surface area contributed by atoms with Crippen molar-refractivity contribution >= 4 is 17.7 Å². The summed E-state index contributed by atoms with van der Waals surface area (Å²) in [5.41, 5.74) is -3.97. The number of carbonyl (C=O) groups is 2. The smallest absolute Gasteiger partial charge is 0.426 e. The van der Waals surface area contributed by atoms with Gasteiger partial charge in [0.1, 0.15) is 5.82 Å². The average molecular weight is 384 g/mol. The zero-order valence-corrected chi connectivity index (χ0v) is 14.1. The summed E-state index contributed by atoms with van der Waals surface area (Å²) in [5.74, 6) is -2.53. The van der Waals surface area contributed by atoms with E-state index in [1.807, 2.05) is 0 Å². The van der Waals surface area contributed by atoms with Gasteiger partial charge in [-0.05, 0) is 36.8 Å². The van der Waals surface area contributed by atoms with Crippen LogP contribution in [0.5, 0.6) is 0 Å². The normalized spacial score (nSPS) is 13.4. The van der Waals surface area contributed by atoms with Crippen molar-refractivity contribution in [2.24, 2.45) is 0 Å². The highest BCUT2D eigenvalue weighted by molar-refractivity contribution is 5.95. The van der Waals surface area contributed by atoms with Gasteiger partial charge in [-0.25, -0.2) is 14.0 Å². The molecule has 0 aromatic heterocycles. The minimum atomic E-state index is -5.26. The number of anilines is 1. The Morgan fingerprint density at radius 3 is 2.11 bits per heavy atom. The Hall–Kier alpha value is -3.10. The van der Waals surface area contributed by atoms with Gasteiger partial charge in [0.05, 0.1) is 6.61 Å². The van der Waals surface area contributed by atoms with E-state index in [-0.39, 0.29) is 12.3 Å². The molecule has 1 unspecified atom stereocenters. The van der Waals surface area contributed by atoms with E-state index in [9.17, 15) is 27.2 Å². The quantitative estimate of drug-likeness (QED) is 0.606. The highest BCUT2D eigenvalue weighted by atomic mass is 19.4. The molecule has 0 heterocycles. The molecular formula is C18H16F4N2O3. The van der Waals surface area contributed by atoms with E-state index in [2.05, 4.69) is 10.1 Å². The number of alkyl halides is 3. The van der Waals surface area contributed by atoms with Crippen LogP contribution in [0.4, 0.5) is 28.0 Å². The van der Waals surface area contributed by atoms with E-state index >= 15 is 0 Å². The third kappa shape index (κ3) is 4.36. The number of rotatable bonds is 5. The van der Waals surface area contributed by atoms with Gasteiger partial charge >= 0.3 is 18.2 Å². The van der Waals surface area contributed by atoms with Crippen LogP contribution in [0.2, 0.25) is 0 Å². The van der Waals surface area contributed by atoms with Crippen molar-refractivity contribution in [1.29, 1.82) is 0 Å². The second kappa shape index (κ2) is 8.07. The van der Waals surface area contributed by atoms with E-state index in [1.165, 1.54) is 19.1 Å². The van der Waals surface area contributed by atoms with Crippen LogP contribution < -0.4 is 10.6 Å². The molecule has 1 atom stereocenters. The van der Waals surface area contributed by atoms with Gasteiger partial charge in [-0.1, -0.05) is 30.3 Å². The lowest BCUT2D eigenvalue weighted by molar-refractivity contribution is -0.213. The maximum Gasteiger partial charge on any atom is 0.426 e. The number of esters is 1. The van der Waals surface area contributed by atoms with Crippen LogP contribution in [0.3, 0.4) is 0 Å². The molecule has 0 saturated carbocycles. The molecule has 2 aromatic carbocycles. The minimum Gasteiger partial charge on any atom is -0.464 e. The maximum absolute atomic E-state index is 14.0. The molecule has 0 aliphatic carbocycles. The Kier molecular flexibility index (Phi) is 6.04. The molecule has 2 rings (SSSR count). The summed E-state index contributed by atoms with van der Waals surface area (Å²) < 4.78 is 59.7. The van der Waals surface area contributed by atoms with Gasteiger partial charge in [0.25, 0.3) is 5.54 Å². The van der Waals surface area contributed by atoms with Gasteiger partial charge in [-0.3, -0.25) is 0 Å². The summed E-state index contributed by atoms with van der Waals surface area (Å²) in [6, 6.07) is 9.46. The number of hydrogen-bond acceptors (Lipinski definition) is 3. The molecule has 0 spiro atoms. The molecule has 9 heteroatoms. The van der Waals surface area contributed by atoms with E-state index in [4.69, 9.17) is 0 Å². The molecule has 144 valence electrons. The highest BCUT2D eigenvalue weighted by Gasteiger charge is 2.64. The standard InChI is InChI=1S/C18H16F4N2O3/c1-2-27-15(25)17(18(20,21)22,12-8-10-13(19)11-9-12)24-16(26)23-14-6-4-3-5-7-14/h3-11H,2H2,1H3,(H2,23,24,26). The third-order valence-corrected chi connectivity index (χ3v) is 3.62. The van der Waals surface area contributed by atoms with Gasteiger partial charge in [0.2, 0.25) is 0 Å². The van der Waals surface area contributed by atoms with Crippen molar-refractivity contribution in [3.8, 4) is 0 Å². The van der Waals surface area contributed by atoms with Crippen LogP contribution in [0, 0.1) is 5.82 Å². The summed E-state index contributed by atoms with van der Waals surface area (Å²) >= 11 is 0. The zero-order valence-electron chi connectivity index (χ0n) is 14.1. The number of para-hydroxylation sites is 1. The molecule has 0 radical (unpaired) electrons. The van der Waals surface area contributed by atoms with Crippen molar-refractivity contribution in [2.45, 2.75) is 18.6 Å². The molecule has 2 N–H and O–H groups in total. The van der Waals surface area contributed by atoms with E-state index in [1.54, 1.807) is 23.5 Å². The fourth-order valence-electron chi connectivity index (χ4n) is 2.38. The van der Waals surface area contributed by atoms with Crippen molar-refractivity contribution in [2.75, 3.05) is 11.9 Å². The van der Waals surface area contributed by atoms with Gasteiger partial charge in [-0.15, -0.1) is 0 Å². The van der Waals surface area contributed by atoms with Crippen molar-refractivity contribution in [1.82, 2.24) is 5.32 Å².